The lowest BCUT2D eigenvalue weighted by Gasteiger charge is -2.17. The van der Waals surface area contributed by atoms with Crippen LogP contribution in [0.5, 0.6) is 0 Å². The van der Waals surface area contributed by atoms with Gasteiger partial charge in [-0.1, -0.05) is 18.2 Å². The smallest absolute Gasteiger partial charge is 0.340 e. The van der Waals surface area contributed by atoms with Gasteiger partial charge in [0.25, 0.3) is 5.91 Å². The number of aryl methyl sites for hydroxylation is 1. The molecule has 1 heterocycles. The van der Waals surface area contributed by atoms with Crippen molar-refractivity contribution >= 4 is 17.6 Å². The van der Waals surface area contributed by atoms with Crippen molar-refractivity contribution in [3.05, 3.63) is 52.8 Å². The summed E-state index contributed by atoms with van der Waals surface area (Å²) in [5.74, 6) is -0.669. The molecule has 128 valence electrons. The molecule has 2 rings (SSSR count). The lowest BCUT2D eigenvalue weighted by molar-refractivity contribution is 0.0387. The quantitative estimate of drug-likeness (QED) is 0.653. The minimum Gasteiger partial charge on any atom is -0.460 e. The molecule has 0 fully saturated rings. The SMILES string of the molecule is COCCOC(=O)c1c(C)[nH]c(C(=O)N(C)c2ccccc2)c1C. The van der Waals surface area contributed by atoms with Crippen LogP contribution in [-0.2, 0) is 9.47 Å². The Balaban J connectivity index is 2.24. The molecular weight excluding hydrogens is 308 g/mol. The average molecular weight is 330 g/mol. The van der Waals surface area contributed by atoms with Crippen LogP contribution in [0.4, 0.5) is 5.69 Å². The van der Waals surface area contributed by atoms with E-state index in [4.69, 9.17) is 9.47 Å². The number of amides is 1. The molecule has 2 aromatic rings. The summed E-state index contributed by atoms with van der Waals surface area (Å²) in [6.07, 6.45) is 0. The average Bonchev–Trinajstić information content (AvgIpc) is 2.89. The van der Waals surface area contributed by atoms with Crippen LogP contribution in [-0.4, -0.2) is 44.2 Å². The number of ether oxygens (including phenoxy) is 2. The first kappa shape index (κ1) is 17.7. The van der Waals surface area contributed by atoms with Gasteiger partial charge in [-0.2, -0.15) is 0 Å². The second kappa shape index (κ2) is 7.79. The number of H-pyrrole nitrogens is 1. The Morgan fingerprint density at radius 3 is 2.42 bits per heavy atom. The molecule has 1 amide bonds. The monoisotopic (exact) mass is 330 g/mol. The fourth-order valence-corrected chi connectivity index (χ4v) is 2.50. The fraction of sp³-hybridized carbons (Fsp3) is 0.333. The summed E-state index contributed by atoms with van der Waals surface area (Å²) in [5.41, 5.74) is 2.76. The van der Waals surface area contributed by atoms with Crippen LogP contribution < -0.4 is 4.90 Å². The fourth-order valence-electron chi connectivity index (χ4n) is 2.50. The number of benzene rings is 1. The van der Waals surface area contributed by atoms with E-state index < -0.39 is 5.97 Å². The second-order valence-electron chi connectivity index (χ2n) is 5.45. The summed E-state index contributed by atoms with van der Waals surface area (Å²) in [7, 11) is 3.24. The zero-order chi connectivity index (χ0) is 17.7. The summed E-state index contributed by atoms with van der Waals surface area (Å²) >= 11 is 0. The highest BCUT2D eigenvalue weighted by molar-refractivity contribution is 6.07. The van der Waals surface area contributed by atoms with Crippen molar-refractivity contribution in [2.45, 2.75) is 13.8 Å². The molecule has 0 unspecified atom stereocenters. The lowest BCUT2D eigenvalue weighted by Crippen LogP contribution is -2.27. The molecule has 6 heteroatoms. The van der Waals surface area contributed by atoms with Crippen LogP contribution >= 0.6 is 0 Å². The zero-order valence-corrected chi connectivity index (χ0v) is 14.4. The van der Waals surface area contributed by atoms with Gasteiger partial charge in [0.15, 0.2) is 0 Å². The first-order valence-corrected chi connectivity index (χ1v) is 7.65. The Morgan fingerprint density at radius 2 is 1.79 bits per heavy atom. The van der Waals surface area contributed by atoms with Gasteiger partial charge in [0, 0.05) is 25.5 Å². The number of anilines is 1. The molecule has 0 aliphatic carbocycles. The maximum Gasteiger partial charge on any atom is 0.340 e. The third-order valence-corrected chi connectivity index (χ3v) is 3.82. The molecule has 1 aromatic heterocycles. The first-order chi connectivity index (χ1) is 11.5. The third-order valence-electron chi connectivity index (χ3n) is 3.82. The first-order valence-electron chi connectivity index (χ1n) is 7.65. The van der Waals surface area contributed by atoms with Gasteiger partial charge in [-0.3, -0.25) is 4.79 Å². The van der Waals surface area contributed by atoms with E-state index in [1.165, 1.54) is 12.0 Å². The number of nitrogens with one attached hydrogen (secondary N) is 1. The van der Waals surface area contributed by atoms with Crippen LogP contribution in [0, 0.1) is 13.8 Å². The van der Waals surface area contributed by atoms with Gasteiger partial charge in [-0.05, 0) is 31.5 Å². The van der Waals surface area contributed by atoms with Gasteiger partial charge in [0.2, 0.25) is 0 Å². The maximum absolute atomic E-state index is 12.7. The number of carbonyl (C=O) groups is 2. The summed E-state index contributed by atoms with van der Waals surface area (Å²) in [5, 5.41) is 0. The Bertz CT molecular complexity index is 722. The van der Waals surface area contributed by atoms with Gasteiger partial charge in [-0.15, -0.1) is 0 Å². The number of rotatable bonds is 6. The Hall–Kier alpha value is -2.60. The van der Waals surface area contributed by atoms with Gasteiger partial charge in [0.1, 0.15) is 12.3 Å². The van der Waals surface area contributed by atoms with E-state index in [1.807, 2.05) is 30.3 Å². The molecule has 0 saturated carbocycles. The van der Waals surface area contributed by atoms with Crippen molar-refractivity contribution in [2.75, 3.05) is 32.3 Å². The van der Waals surface area contributed by atoms with Crippen molar-refractivity contribution in [1.82, 2.24) is 4.98 Å². The van der Waals surface area contributed by atoms with Crippen molar-refractivity contribution in [2.24, 2.45) is 0 Å². The van der Waals surface area contributed by atoms with E-state index in [1.54, 1.807) is 20.9 Å². The number of hydrogen-bond donors (Lipinski definition) is 1. The molecule has 24 heavy (non-hydrogen) atoms. The van der Waals surface area contributed by atoms with Gasteiger partial charge in [-0.25, -0.2) is 4.79 Å². The molecule has 0 spiro atoms. The van der Waals surface area contributed by atoms with E-state index in [0.29, 0.717) is 29.1 Å². The van der Waals surface area contributed by atoms with Crippen molar-refractivity contribution in [3.8, 4) is 0 Å². The summed E-state index contributed by atoms with van der Waals surface area (Å²) in [6, 6.07) is 9.32. The molecule has 1 N–H and O–H groups in total. The summed E-state index contributed by atoms with van der Waals surface area (Å²) in [4.78, 5) is 29.5. The maximum atomic E-state index is 12.7. The highest BCUT2D eigenvalue weighted by atomic mass is 16.6. The Kier molecular flexibility index (Phi) is 5.76. The van der Waals surface area contributed by atoms with E-state index in [-0.39, 0.29) is 12.5 Å². The largest absolute Gasteiger partial charge is 0.460 e. The number of nitrogens with zero attached hydrogens (tertiary/aromatic N) is 1. The molecule has 0 bridgehead atoms. The Labute approximate surface area is 141 Å². The number of esters is 1. The molecule has 0 aliphatic rings. The van der Waals surface area contributed by atoms with Crippen LogP contribution in [0.25, 0.3) is 0 Å². The normalized spacial score (nSPS) is 10.5. The number of carbonyl (C=O) groups excluding carboxylic acids is 2. The molecule has 0 aliphatic heterocycles. The van der Waals surface area contributed by atoms with Crippen molar-refractivity contribution in [3.63, 3.8) is 0 Å². The standard InChI is InChI=1S/C18H22N2O4/c1-12-15(18(22)24-11-10-23-4)13(2)19-16(12)17(21)20(3)14-8-6-5-7-9-14/h5-9,19H,10-11H2,1-4H3. The van der Waals surface area contributed by atoms with Crippen LogP contribution in [0.2, 0.25) is 0 Å². The molecule has 0 radical (unpaired) electrons. The van der Waals surface area contributed by atoms with Crippen LogP contribution in [0.3, 0.4) is 0 Å². The van der Waals surface area contributed by atoms with Gasteiger partial charge < -0.3 is 19.4 Å². The minimum absolute atomic E-state index is 0.173. The molecule has 0 atom stereocenters. The molecule has 0 saturated heterocycles. The summed E-state index contributed by atoms with van der Waals surface area (Å²) < 4.78 is 10.0. The van der Waals surface area contributed by atoms with E-state index in [0.717, 1.165) is 5.69 Å². The predicted molar refractivity (Wildman–Crippen MR) is 91.6 cm³/mol. The molecule has 1 aromatic carbocycles. The highest BCUT2D eigenvalue weighted by Crippen LogP contribution is 2.22. The number of methoxy groups -OCH3 is 1. The second-order valence-corrected chi connectivity index (χ2v) is 5.45. The van der Waals surface area contributed by atoms with E-state index in [2.05, 4.69) is 4.98 Å². The van der Waals surface area contributed by atoms with Crippen LogP contribution in [0.15, 0.2) is 30.3 Å². The topological polar surface area (TPSA) is 71.6 Å². The highest BCUT2D eigenvalue weighted by Gasteiger charge is 2.25. The summed E-state index contributed by atoms with van der Waals surface area (Å²) in [6.45, 7) is 3.99. The predicted octanol–water partition coefficient (Wildman–Crippen LogP) is 2.71. The minimum atomic E-state index is -0.459. The molecular formula is C18H22N2O4. The van der Waals surface area contributed by atoms with Crippen LogP contribution in [0.1, 0.15) is 32.1 Å². The molecule has 6 nitrogen and oxygen atoms in total. The van der Waals surface area contributed by atoms with E-state index >= 15 is 0 Å². The third kappa shape index (κ3) is 3.65. The van der Waals surface area contributed by atoms with E-state index in [9.17, 15) is 9.59 Å². The lowest BCUT2D eigenvalue weighted by atomic mass is 10.1. The zero-order valence-electron chi connectivity index (χ0n) is 14.4. The number of aromatic nitrogens is 1. The number of aromatic amines is 1. The van der Waals surface area contributed by atoms with Crippen molar-refractivity contribution < 1.29 is 19.1 Å². The number of hydrogen-bond acceptors (Lipinski definition) is 4. The van der Waals surface area contributed by atoms with Gasteiger partial charge in [0.05, 0.1) is 12.2 Å². The van der Waals surface area contributed by atoms with Crippen molar-refractivity contribution in [1.29, 1.82) is 0 Å². The number of para-hydroxylation sites is 1. The van der Waals surface area contributed by atoms with Gasteiger partial charge >= 0.3 is 5.97 Å². The Morgan fingerprint density at radius 1 is 1.12 bits per heavy atom.